The molecule has 38 heavy (non-hydrogen) atoms. The van der Waals surface area contributed by atoms with Gasteiger partial charge in [0.25, 0.3) is 0 Å². The third-order valence-corrected chi connectivity index (χ3v) is 12.8. The van der Waals surface area contributed by atoms with Gasteiger partial charge in [0.15, 0.2) is 0 Å². The highest BCUT2D eigenvalue weighted by atomic mass is 32.1. The Balaban J connectivity index is 1.88. The number of Topliss-reactive ketones (excluding diaryl/α,β-unsaturated/α-hetero) is 1. The van der Waals surface area contributed by atoms with Crippen LogP contribution >= 0.6 is 11.3 Å². The third-order valence-electron chi connectivity index (χ3n) is 8.21. The second-order valence-electron chi connectivity index (χ2n) is 13.0. The zero-order chi connectivity index (χ0) is 28.6. The molecule has 0 bridgehead atoms. The summed E-state index contributed by atoms with van der Waals surface area (Å²) in [6.45, 7) is 17.8. The number of hydrogen-bond donors (Lipinski definition) is 2. The molecule has 0 radical (unpaired) electrons. The van der Waals surface area contributed by atoms with Crippen LogP contribution in [0.2, 0.25) is 19.6 Å². The zero-order valence-electron chi connectivity index (χ0n) is 24.5. The minimum atomic E-state index is -1.61. The first kappa shape index (κ1) is 31.1. The SMILES string of the molecule is C/C(=C\c1nc(C)sc1[Si](C)(C)C)[C@@H]1C[C@@H]2O[C@@H]2CCC[C@H](C)[C@H](O)[C@@H](C)C(=O)C(C)(C)[C@@H](O)CC(=O)O1. The van der Waals surface area contributed by atoms with E-state index in [0.717, 1.165) is 35.5 Å². The molecular weight excluding hydrogens is 518 g/mol. The number of ketones is 1. The van der Waals surface area contributed by atoms with E-state index in [0.29, 0.717) is 6.42 Å². The topological polar surface area (TPSA) is 109 Å². The van der Waals surface area contributed by atoms with Crippen LogP contribution in [-0.4, -0.2) is 65.5 Å². The van der Waals surface area contributed by atoms with Gasteiger partial charge in [-0.05, 0) is 44.3 Å². The fraction of sp³-hybridized carbons (Fsp3) is 0.759. The van der Waals surface area contributed by atoms with Crippen molar-refractivity contribution in [3.63, 3.8) is 0 Å². The highest BCUT2D eigenvalue weighted by Gasteiger charge is 2.44. The summed E-state index contributed by atoms with van der Waals surface area (Å²) < 4.78 is 13.2. The van der Waals surface area contributed by atoms with Crippen LogP contribution in [0.1, 0.15) is 77.4 Å². The van der Waals surface area contributed by atoms with Gasteiger partial charge in [0.05, 0.1) is 55.0 Å². The summed E-state index contributed by atoms with van der Waals surface area (Å²) >= 11 is 1.74. The normalized spacial score (nSPS) is 34.0. The van der Waals surface area contributed by atoms with E-state index in [1.807, 2.05) is 26.8 Å². The number of aryl methyl sites for hydroxylation is 1. The molecule has 3 rings (SSSR count). The Hall–Kier alpha value is -1.39. The van der Waals surface area contributed by atoms with Crippen LogP contribution in [0.15, 0.2) is 5.57 Å². The van der Waals surface area contributed by atoms with Gasteiger partial charge in [0, 0.05) is 16.8 Å². The molecule has 0 spiro atoms. The molecule has 2 N–H and O–H groups in total. The fourth-order valence-electron chi connectivity index (χ4n) is 5.40. The van der Waals surface area contributed by atoms with E-state index in [1.165, 1.54) is 4.50 Å². The van der Waals surface area contributed by atoms with E-state index in [1.54, 1.807) is 32.1 Å². The lowest BCUT2D eigenvalue weighted by Gasteiger charge is -2.34. The molecule has 1 aromatic rings. The van der Waals surface area contributed by atoms with Gasteiger partial charge in [-0.25, -0.2) is 4.98 Å². The molecule has 9 heteroatoms. The van der Waals surface area contributed by atoms with Crippen LogP contribution in [-0.2, 0) is 19.1 Å². The number of hydrogen-bond acceptors (Lipinski definition) is 8. The van der Waals surface area contributed by atoms with E-state index in [-0.39, 0.29) is 30.3 Å². The molecule has 0 unspecified atom stereocenters. The molecule has 2 fully saturated rings. The predicted molar refractivity (Wildman–Crippen MR) is 154 cm³/mol. The van der Waals surface area contributed by atoms with Crippen molar-refractivity contribution in [2.45, 2.75) is 124 Å². The Kier molecular flexibility index (Phi) is 9.84. The van der Waals surface area contributed by atoms with Crippen molar-refractivity contribution in [1.29, 1.82) is 0 Å². The predicted octanol–water partition coefficient (Wildman–Crippen LogP) is 4.63. The van der Waals surface area contributed by atoms with E-state index in [9.17, 15) is 19.8 Å². The molecule has 7 atom stereocenters. The Bertz CT molecular complexity index is 1040. The summed E-state index contributed by atoms with van der Waals surface area (Å²) in [5.41, 5.74) is 0.647. The van der Waals surface area contributed by atoms with Crippen molar-refractivity contribution in [2.24, 2.45) is 17.3 Å². The van der Waals surface area contributed by atoms with Gasteiger partial charge >= 0.3 is 5.97 Å². The van der Waals surface area contributed by atoms with Crippen molar-refractivity contribution < 1.29 is 29.3 Å². The summed E-state index contributed by atoms with van der Waals surface area (Å²) in [4.78, 5) is 31.1. The summed E-state index contributed by atoms with van der Waals surface area (Å²) in [6.07, 6.45) is 2.37. The molecule has 2 saturated heterocycles. The first-order chi connectivity index (χ1) is 17.5. The standard InChI is InChI=1S/C29H47NO6SSi/c1-16-11-10-12-21-23(35-21)14-22(17(2)13-20-28(38(7,8)9)37-19(4)30-20)36-25(32)15-24(31)29(5,6)27(34)18(3)26(16)33/h13,16,18,21-24,26,31,33H,10-12,14-15H2,1-9H3/b17-13+/t16-,18+,21+,22-,23-,24-,26-/m0/s1. The number of cyclic esters (lactones) is 1. The number of esters is 1. The van der Waals surface area contributed by atoms with Crippen LogP contribution in [0.4, 0.5) is 0 Å². The first-order valence-electron chi connectivity index (χ1n) is 13.9. The maximum atomic E-state index is 13.3. The molecule has 0 saturated carbocycles. The second kappa shape index (κ2) is 12.0. The van der Waals surface area contributed by atoms with Crippen LogP contribution in [0.3, 0.4) is 0 Å². The van der Waals surface area contributed by atoms with Gasteiger partial charge in [-0.15, -0.1) is 11.3 Å². The molecule has 2 aliphatic heterocycles. The first-order valence-corrected chi connectivity index (χ1v) is 18.3. The van der Waals surface area contributed by atoms with Crippen molar-refractivity contribution >= 4 is 41.7 Å². The highest BCUT2D eigenvalue weighted by molar-refractivity contribution is 7.26. The number of thiazole rings is 1. The van der Waals surface area contributed by atoms with Gasteiger partial charge in [-0.3, -0.25) is 9.59 Å². The molecule has 0 aliphatic carbocycles. The number of aliphatic hydroxyl groups excluding tert-OH is 2. The summed E-state index contributed by atoms with van der Waals surface area (Å²) in [6, 6.07) is 0. The van der Waals surface area contributed by atoms with Crippen molar-refractivity contribution in [3.8, 4) is 0 Å². The lowest BCUT2D eigenvalue weighted by atomic mass is 9.73. The van der Waals surface area contributed by atoms with Crippen LogP contribution in [0, 0.1) is 24.2 Å². The van der Waals surface area contributed by atoms with E-state index < -0.39 is 43.7 Å². The van der Waals surface area contributed by atoms with Crippen LogP contribution in [0.25, 0.3) is 6.08 Å². The van der Waals surface area contributed by atoms with Crippen molar-refractivity contribution in [2.75, 3.05) is 0 Å². The number of fused-ring (bicyclic) bond motifs is 1. The number of nitrogens with zero attached hydrogens (tertiary/aromatic N) is 1. The largest absolute Gasteiger partial charge is 0.458 e. The minimum Gasteiger partial charge on any atom is -0.458 e. The molecule has 1 aromatic heterocycles. The van der Waals surface area contributed by atoms with Crippen molar-refractivity contribution in [1.82, 2.24) is 4.98 Å². The Labute approximate surface area is 233 Å². The smallest absolute Gasteiger partial charge is 0.309 e. The monoisotopic (exact) mass is 565 g/mol. The molecule has 3 heterocycles. The van der Waals surface area contributed by atoms with Gasteiger partial charge in [0.2, 0.25) is 0 Å². The number of epoxide rings is 1. The van der Waals surface area contributed by atoms with Gasteiger partial charge in [-0.1, -0.05) is 53.8 Å². The number of rotatable bonds is 3. The van der Waals surface area contributed by atoms with E-state index in [4.69, 9.17) is 14.5 Å². The van der Waals surface area contributed by atoms with Gasteiger partial charge in [0.1, 0.15) is 11.9 Å². The van der Waals surface area contributed by atoms with Gasteiger partial charge < -0.3 is 19.7 Å². The Morgan fingerprint density at radius 1 is 1.13 bits per heavy atom. The van der Waals surface area contributed by atoms with Crippen LogP contribution < -0.4 is 4.50 Å². The molecular formula is C29H47NO6SSi. The lowest BCUT2D eigenvalue weighted by molar-refractivity contribution is -0.154. The maximum absolute atomic E-state index is 13.3. The maximum Gasteiger partial charge on any atom is 0.309 e. The molecule has 2 aliphatic rings. The van der Waals surface area contributed by atoms with Crippen LogP contribution in [0.5, 0.6) is 0 Å². The highest BCUT2D eigenvalue weighted by Crippen LogP contribution is 2.36. The zero-order valence-corrected chi connectivity index (χ0v) is 26.4. The summed E-state index contributed by atoms with van der Waals surface area (Å²) in [5.74, 6) is -1.51. The van der Waals surface area contributed by atoms with E-state index in [2.05, 4.69) is 19.6 Å². The Morgan fingerprint density at radius 3 is 2.42 bits per heavy atom. The van der Waals surface area contributed by atoms with E-state index >= 15 is 0 Å². The number of carbonyl (C=O) groups is 2. The molecule has 214 valence electrons. The number of carbonyl (C=O) groups excluding carboxylic acids is 2. The average Bonchev–Trinajstić information content (AvgIpc) is 3.44. The van der Waals surface area contributed by atoms with Gasteiger partial charge in [-0.2, -0.15) is 0 Å². The Morgan fingerprint density at radius 2 is 1.79 bits per heavy atom. The summed E-state index contributed by atoms with van der Waals surface area (Å²) in [7, 11) is -1.61. The average molecular weight is 566 g/mol. The summed E-state index contributed by atoms with van der Waals surface area (Å²) in [5, 5.41) is 22.8. The lowest BCUT2D eigenvalue weighted by Crippen LogP contribution is -2.45. The number of aliphatic hydroxyl groups is 2. The number of aromatic nitrogens is 1. The molecule has 7 nitrogen and oxygen atoms in total. The quantitative estimate of drug-likeness (QED) is 0.312. The number of ether oxygens (including phenoxy) is 2. The molecule has 0 amide bonds. The minimum absolute atomic E-state index is 0.000201. The second-order valence-corrected chi connectivity index (χ2v) is 19.6. The third kappa shape index (κ3) is 7.41. The van der Waals surface area contributed by atoms with Crippen molar-refractivity contribution in [3.05, 3.63) is 16.3 Å². The molecule has 0 aromatic carbocycles. The fourth-order valence-corrected chi connectivity index (χ4v) is 8.61.